The lowest BCUT2D eigenvalue weighted by atomic mass is 10.1. The van der Waals surface area contributed by atoms with Crippen LogP contribution in [0.5, 0.6) is 0 Å². The van der Waals surface area contributed by atoms with Crippen LogP contribution >= 0.6 is 0 Å². The molecule has 3 atom stereocenters. The molecule has 1 saturated carbocycles. The van der Waals surface area contributed by atoms with E-state index in [9.17, 15) is 0 Å². The average molecular weight is 165 g/mol. The lowest BCUT2D eigenvalue weighted by Crippen LogP contribution is -2.12. The first kappa shape index (κ1) is 7.87. The van der Waals surface area contributed by atoms with E-state index in [1.54, 1.807) is 12.5 Å². The Balaban J connectivity index is 1.99. The molecule has 2 rings (SSSR count). The predicted octanol–water partition coefficient (Wildman–Crippen LogP) is 2.33. The van der Waals surface area contributed by atoms with E-state index in [1.165, 1.54) is 12.8 Å². The third-order valence-electron chi connectivity index (χ3n) is 2.89. The van der Waals surface area contributed by atoms with Crippen LogP contribution in [0.2, 0.25) is 0 Å². The first-order chi connectivity index (χ1) is 5.83. The predicted molar refractivity (Wildman–Crippen MR) is 47.5 cm³/mol. The zero-order chi connectivity index (χ0) is 8.55. The number of nitrogens with two attached hydrogens (primary N) is 1. The molecule has 2 nitrogen and oxygen atoms in total. The van der Waals surface area contributed by atoms with Gasteiger partial charge in [0.05, 0.1) is 12.5 Å². The SMILES string of the molecule is CCC1CC1C(N)c1ccoc1. The van der Waals surface area contributed by atoms with E-state index >= 15 is 0 Å². The van der Waals surface area contributed by atoms with Gasteiger partial charge in [0.25, 0.3) is 0 Å². The van der Waals surface area contributed by atoms with Gasteiger partial charge in [-0.15, -0.1) is 0 Å². The Bertz CT molecular complexity index is 242. The van der Waals surface area contributed by atoms with Crippen molar-refractivity contribution in [2.45, 2.75) is 25.8 Å². The summed E-state index contributed by atoms with van der Waals surface area (Å²) in [4.78, 5) is 0. The van der Waals surface area contributed by atoms with E-state index < -0.39 is 0 Å². The van der Waals surface area contributed by atoms with Crippen molar-refractivity contribution >= 4 is 0 Å². The second-order valence-electron chi connectivity index (χ2n) is 3.65. The zero-order valence-electron chi connectivity index (χ0n) is 7.36. The number of hydrogen-bond acceptors (Lipinski definition) is 2. The van der Waals surface area contributed by atoms with Crippen molar-refractivity contribution < 1.29 is 4.42 Å². The summed E-state index contributed by atoms with van der Waals surface area (Å²) in [6.45, 7) is 2.23. The minimum Gasteiger partial charge on any atom is -0.472 e. The molecule has 2 N–H and O–H groups in total. The van der Waals surface area contributed by atoms with E-state index in [-0.39, 0.29) is 6.04 Å². The molecule has 1 heterocycles. The fraction of sp³-hybridized carbons (Fsp3) is 0.600. The van der Waals surface area contributed by atoms with Gasteiger partial charge in [0.1, 0.15) is 0 Å². The Kier molecular flexibility index (Phi) is 1.93. The summed E-state index contributed by atoms with van der Waals surface area (Å²) < 4.78 is 5.00. The summed E-state index contributed by atoms with van der Waals surface area (Å²) in [5.74, 6) is 1.56. The van der Waals surface area contributed by atoms with Crippen LogP contribution in [0.15, 0.2) is 23.0 Å². The van der Waals surface area contributed by atoms with Gasteiger partial charge in [-0.1, -0.05) is 13.3 Å². The molecule has 66 valence electrons. The highest BCUT2D eigenvalue weighted by molar-refractivity contribution is 5.15. The summed E-state index contributed by atoms with van der Waals surface area (Å²) in [7, 11) is 0. The average Bonchev–Trinajstić information content (AvgIpc) is 2.68. The van der Waals surface area contributed by atoms with Crippen molar-refractivity contribution in [1.82, 2.24) is 0 Å². The summed E-state index contributed by atoms with van der Waals surface area (Å²) in [5.41, 5.74) is 7.20. The van der Waals surface area contributed by atoms with Gasteiger partial charge >= 0.3 is 0 Å². The van der Waals surface area contributed by atoms with Gasteiger partial charge in [-0.05, 0) is 24.3 Å². The van der Waals surface area contributed by atoms with Gasteiger partial charge < -0.3 is 10.2 Å². The topological polar surface area (TPSA) is 39.2 Å². The van der Waals surface area contributed by atoms with Crippen LogP contribution in [0, 0.1) is 11.8 Å². The highest BCUT2D eigenvalue weighted by Gasteiger charge is 2.40. The number of furan rings is 1. The van der Waals surface area contributed by atoms with Crippen LogP contribution in [0.25, 0.3) is 0 Å². The lowest BCUT2D eigenvalue weighted by molar-refractivity contribution is 0.536. The molecule has 0 amide bonds. The molecule has 1 aliphatic carbocycles. The van der Waals surface area contributed by atoms with Gasteiger partial charge in [0.15, 0.2) is 0 Å². The fourth-order valence-corrected chi connectivity index (χ4v) is 1.89. The molecule has 1 aromatic rings. The van der Waals surface area contributed by atoms with E-state index in [1.807, 2.05) is 6.07 Å². The minimum absolute atomic E-state index is 0.202. The maximum absolute atomic E-state index is 6.05. The molecule has 3 unspecified atom stereocenters. The van der Waals surface area contributed by atoms with Crippen molar-refractivity contribution in [1.29, 1.82) is 0 Å². The normalized spacial score (nSPS) is 30.2. The fourth-order valence-electron chi connectivity index (χ4n) is 1.89. The molecule has 1 aliphatic rings. The minimum atomic E-state index is 0.202. The van der Waals surface area contributed by atoms with Crippen molar-refractivity contribution in [2.24, 2.45) is 17.6 Å². The molecular weight excluding hydrogens is 150 g/mol. The van der Waals surface area contributed by atoms with Crippen LogP contribution in [0.4, 0.5) is 0 Å². The van der Waals surface area contributed by atoms with E-state index in [0.29, 0.717) is 5.92 Å². The lowest BCUT2D eigenvalue weighted by Gasteiger charge is -2.07. The molecule has 12 heavy (non-hydrogen) atoms. The summed E-state index contributed by atoms with van der Waals surface area (Å²) in [6.07, 6.45) is 6.01. The highest BCUT2D eigenvalue weighted by Crippen LogP contribution is 2.48. The smallest absolute Gasteiger partial charge is 0.0950 e. The van der Waals surface area contributed by atoms with Crippen LogP contribution in [0.3, 0.4) is 0 Å². The molecule has 1 fully saturated rings. The van der Waals surface area contributed by atoms with Crippen molar-refractivity contribution in [3.8, 4) is 0 Å². The molecular formula is C10H15NO. The standard InChI is InChI=1S/C10H15NO/c1-2-7-5-9(7)10(11)8-3-4-12-6-8/h3-4,6-7,9-10H,2,5,11H2,1H3. The number of hydrogen-bond donors (Lipinski definition) is 1. The van der Waals surface area contributed by atoms with Crippen LogP contribution in [-0.4, -0.2) is 0 Å². The third-order valence-corrected chi connectivity index (χ3v) is 2.89. The van der Waals surface area contributed by atoms with Crippen molar-refractivity contribution in [3.63, 3.8) is 0 Å². The third kappa shape index (κ3) is 1.27. The molecule has 2 heteroatoms. The van der Waals surface area contributed by atoms with Crippen molar-refractivity contribution in [2.75, 3.05) is 0 Å². The van der Waals surface area contributed by atoms with Crippen LogP contribution < -0.4 is 5.73 Å². The zero-order valence-corrected chi connectivity index (χ0v) is 7.36. The molecule has 0 spiro atoms. The second-order valence-corrected chi connectivity index (χ2v) is 3.65. The van der Waals surface area contributed by atoms with Gasteiger partial charge in [-0.3, -0.25) is 0 Å². The molecule has 0 radical (unpaired) electrons. The molecule has 0 saturated heterocycles. The largest absolute Gasteiger partial charge is 0.472 e. The van der Waals surface area contributed by atoms with Gasteiger partial charge in [0.2, 0.25) is 0 Å². The molecule has 0 aromatic carbocycles. The van der Waals surface area contributed by atoms with Crippen LogP contribution in [0.1, 0.15) is 31.4 Å². The molecule has 0 bridgehead atoms. The number of rotatable bonds is 3. The molecule has 1 aromatic heterocycles. The maximum Gasteiger partial charge on any atom is 0.0950 e. The summed E-state index contributed by atoms with van der Waals surface area (Å²) in [5, 5.41) is 0. The maximum atomic E-state index is 6.05. The Morgan fingerprint density at radius 2 is 2.58 bits per heavy atom. The molecule has 0 aliphatic heterocycles. The Hall–Kier alpha value is -0.760. The first-order valence-electron chi connectivity index (χ1n) is 4.60. The Labute approximate surface area is 72.7 Å². The quantitative estimate of drug-likeness (QED) is 0.746. The van der Waals surface area contributed by atoms with Crippen molar-refractivity contribution in [3.05, 3.63) is 24.2 Å². The monoisotopic (exact) mass is 165 g/mol. The van der Waals surface area contributed by atoms with Crippen LogP contribution in [-0.2, 0) is 0 Å². The summed E-state index contributed by atoms with van der Waals surface area (Å²) in [6, 6.07) is 2.17. The van der Waals surface area contributed by atoms with E-state index in [4.69, 9.17) is 10.2 Å². The second kappa shape index (κ2) is 2.94. The van der Waals surface area contributed by atoms with Gasteiger partial charge in [-0.25, -0.2) is 0 Å². The Morgan fingerprint density at radius 3 is 3.08 bits per heavy atom. The van der Waals surface area contributed by atoms with E-state index in [0.717, 1.165) is 11.5 Å². The Morgan fingerprint density at radius 1 is 1.75 bits per heavy atom. The van der Waals surface area contributed by atoms with E-state index in [2.05, 4.69) is 6.92 Å². The van der Waals surface area contributed by atoms with Gasteiger partial charge in [-0.2, -0.15) is 0 Å². The summed E-state index contributed by atoms with van der Waals surface area (Å²) >= 11 is 0. The highest BCUT2D eigenvalue weighted by atomic mass is 16.3. The van der Waals surface area contributed by atoms with Gasteiger partial charge in [0, 0.05) is 11.6 Å². The first-order valence-corrected chi connectivity index (χ1v) is 4.60.